The highest BCUT2D eigenvalue weighted by molar-refractivity contribution is 9.10. The van der Waals surface area contributed by atoms with E-state index < -0.39 is 10.0 Å². The van der Waals surface area contributed by atoms with Gasteiger partial charge in [0.2, 0.25) is 0 Å². The first-order chi connectivity index (χ1) is 12.5. The zero-order valence-electron chi connectivity index (χ0n) is 14.2. The molecule has 3 aromatic rings. The molecule has 0 atom stereocenters. The average molecular weight is 432 g/mol. The van der Waals surface area contributed by atoms with Gasteiger partial charge >= 0.3 is 0 Å². The SMILES string of the molecule is CCN(c1ccc(Oc2ccccc2)cc1)S(=O)(=O)c1ccc(Br)cc1. The lowest BCUT2D eigenvalue weighted by molar-refractivity contribution is 0.482. The predicted molar refractivity (Wildman–Crippen MR) is 107 cm³/mol. The molecule has 3 rings (SSSR count). The van der Waals surface area contributed by atoms with Crippen LogP contribution in [0.15, 0.2) is 88.2 Å². The van der Waals surface area contributed by atoms with Crippen LogP contribution < -0.4 is 9.04 Å². The lowest BCUT2D eigenvalue weighted by Gasteiger charge is -2.23. The summed E-state index contributed by atoms with van der Waals surface area (Å²) in [7, 11) is -3.62. The summed E-state index contributed by atoms with van der Waals surface area (Å²) in [6.45, 7) is 2.14. The van der Waals surface area contributed by atoms with Gasteiger partial charge < -0.3 is 4.74 Å². The number of benzene rings is 3. The van der Waals surface area contributed by atoms with E-state index in [1.165, 1.54) is 4.31 Å². The summed E-state index contributed by atoms with van der Waals surface area (Å²) in [6, 6.07) is 23.1. The Bertz CT molecular complexity index is 956. The van der Waals surface area contributed by atoms with E-state index in [1.807, 2.05) is 37.3 Å². The van der Waals surface area contributed by atoms with E-state index in [9.17, 15) is 8.42 Å². The van der Waals surface area contributed by atoms with Gasteiger partial charge in [0.15, 0.2) is 0 Å². The Morgan fingerprint density at radius 3 is 2.00 bits per heavy atom. The van der Waals surface area contributed by atoms with Crippen LogP contribution in [-0.2, 0) is 10.0 Å². The zero-order chi connectivity index (χ0) is 18.6. The molecule has 0 aromatic heterocycles. The number of anilines is 1. The molecule has 0 unspecified atom stereocenters. The monoisotopic (exact) mass is 431 g/mol. The van der Waals surface area contributed by atoms with Crippen LogP contribution >= 0.6 is 15.9 Å². The van der Waals surface area contributed by atoms with Crippen molar-refractivity contribution >= 4 is 31.6 Å². The second-order valence-corrected chi connectivity index (χ2v) is 8.31. The zero-order valence-corrected chi connectivity index (χ0v) is 16.6. The van der Waals surface area contributed by atoms with E-state index in [2.05, 4.69) is 15.9 Å². The summed E-state index contributed by atoms with van der Waals surface area (Å²) in [5.41, 5.74) is 0.593. The Morgan fingerprint density at radius 1 is 0.846 bits per heavy atom. The number of hydrogen-bond donors (Lipinski definition) is 0. The van der Waals surface area contributed by atoms with Crippen LogP contribution in [0.5, 0.6) is 11.5 Å². The van der Waals surface area contributed by atoms with Crippen LogP contribution in [-0.4, -0.2) is 15.0 Å². The van der Waals surface area contributed by atoms with E-state index in [0.29, 0.717) is 18.0 Å². The summed E-state index contributed by atoms with van der Waals surface area (Å²) in [5.74, 6) is 1.38. The maximum absolute atomic E-state index is 12.9. The quantitative estimate of drug-likeness (QED) is 0.520. The molecule has 0 fully saturated rings. The highest BCUT2D eigenvalue weighted by Crippen LogP contribution is 2.28. The molecule has 0 aliphatic heterocycles. The number of halogens is 1. The fraction of sp³-hybridized carbons (Fsp3) is 0.100. The molecule has 4 nitrogen and oxygen atoms in total. The van der Waals surface area contributed by atoms with Crippen LogP contribution in [0.1, 0.15) is 6.92 Å². The van der Waals surface area contributed by atoms with E-state index in [0.717, 1.165) is 10.2 Å². The largest absolute Gasteiger partial charge is 0.457 e. The van der Waals surface area contributed by atoms with Crippen molar-refractivity contribution < 1.29 is 13.2 Å². The van der Waals surface area contributed by atoms with Gasteiger partial charge in [0.05, 0.1) is 10.6 Å². The molecule has 134 valence electrons. The van der Waals surface area contributed by atoms with Gasteiger partial charge in [-0.1, -0.05) is 34.1 Å². The first-order valence-electron chi connectivity index (χ1n) is 8.12. The fourth-order valence-corrected chi connectivity index (χ4v) is 4.27. The standard InChI is InChI=1S/C20H18BrNO3S/c1-2-22(26(23,24)20-14-8-16(21)9-15-20)17-10-12-19(13-11-17)25-18-6-4-3-5-7-18/h3-15H,2H2,1H3. The molecular formula is C20H18BrNO3S. The molecule has 6 heteroatoms. The minimum absolute atomic E-state index is 0.257. The third kappa shape index (κ3) is 4.08. The van der Waals surface area contributed by atoms with Gasteiger partial charge in [-0.3, -0.25) is 4.31 Å². The molecule has 3 aromatic carbocycles. The maximum Gasteiger partial charge on any atom is 0.264 e. The Balaban J connectivity index is 1.85. The second-order valence-electron chi connectivity index (χ2n) is 5.53. The predicted octanol–water partition coefficient (Wildman–Crippen LogP) is 5.46. The van der Waals surface area contributed by atoms with Crippen molar-refractivity contribution in [2.45, 2.75) is 11.8 Å². The molecule has 26 heavy (non-hydrogen) atoms. The Hall–Kier alpha value is -2.31. The number of rotatable bonds is 6. The molecule has 0 bridgehead atoms. The summed E-state index contributed by atoms with van der Waals surface area (Å²) in [5, 5.41) is 0. The number of nitrogens with zero attached hydrogens (tertiary/aromatic N) is 1. The Morgan fingerprint density at radius 2 is 1.42 bits per heavy atom. The lowest BCUT2D eigenvalue weighted by atomic mass is 10.3. The Kier molecular flexibility index (Phi) is 5.64. The lowest BCUT2D eigenvalue weighted by Crippen LogP contribution is -2.30. The third-order valence-corrected chi connectivity index (χ3v) is 6.24. The summed E-state index contributed by atoms with van der Waals surface area (Å²) in [6.07, 6.45) is 0. The topological polar surface area (TPSA) is 46.6 Å². The van der Waals surface area contributed by atoms with Gasteiger partial charge in [-0.25, -0.2) is 8.42 Å². The third-order valence-electron chi connectivity index (χ3n) is 3.79. The normalized spacial score (nSPS) is 11.2. The van der Waals surface area contributed by atoms with Gasteiger partial charge in [0, 0.05) is 11.0 Å². The molecule has 0 spiro atoms. The molecule has 0 saturated carbocycles. The molecule has 0 N–H and O–H groups in total. The summed E-state index contributed by atoms with van der Waals surface area (Å²) >= 11 is 3.32. The van der Waals surface area contributed by atoms with Crippen molar-refractivity contribution in [3.8, 4) is 11.5 Å². The van der Waals surface area contributed by atoms with Crippen molar-refractivity contribution in [2.75, 3.05) is 10.8 Å². The van der Waals surface area contributed by atoms with Crippen LogP contribution in [0.25, 0.3) is 0 Å². The fourth-order valence-electron chi connectivity index (χ4n) is 2.53. The number of hydrogen-bond acceptors (Lipinski definition) is 3. The van der Waals surface area contributed by atoms with Crippen LogP contribution in [0.3, 0.4) is 0 Å². The van der Waals surface area contributed by atoms with Crippen molar-refractivity contribution in [1.29, 1.82) is 0 Å². The molecule has 0 aliphatic rings. The minimum Gasteiger partial charge on any atom is -0.457 e. The second kappa shape index (κ2) is 7.93. The van der Waals surface area contributed by atoms with Crippen molar-refractivity contribution in [2.24, 2.45) is 0 Å². The van der Waals surface area contributed by atoms with E-state index in [4.69, 9.17) is 4.74 Å². The van der Waals surface area contributed by atoms with Crippen LogP contribution in [0.4, 0.5) is 5.69 Å². The van der Waals surface area contributed by atoms with Gasteiger partial charge in [0.25, 0.3) is 10.0 Å². The Labute approximate surface area is 162 Å². The van der Waals surface area contributed by atoms with Crippen molar-refractivity contribution in [3.63, 3.8) is 0 Å². The summed E-state index contributed by atoms with van der Waals surface area (Å²) in [4.78, 5) is 0.257. The maximum atomic E-state index is 12.9. The highest BCUT2D eigenvalue weighted by Gasteiger charge is 2.23. The molecule has 0 heterocycles. The van der Waals surface area contributed by atoms with E-state index >= 15 is 0 Å². The number of para-hydroxylation sites is 1. The smallest absolute Gasteiger partial charge is 0.264 e. The van der Waals surface area contributed by atoms with E-state index in [-0.39, 0.29) is 4.90 Å². The molecular weight excluding hydrogens is 414 g/mol. The van der Waals surface area contributed by atoms with Crippen LogP contribution in [0, 0.1) is 0 Å². The molecule has 0 radical (unpaired) electrons. The van der Waals surface area contributed by atoms with Crippen molar-refractivity contribution in [1.82, 2.24) is 0 Å². The summed E-state index contributed by atoms with van der Waals surface area (Å²) < 4.78 is 33.8. The molecule has 0 aliphatic carbocycles. The first kappa shape index (κ1) is 18.5. The van der Waals surface area contributed by atoms with E-state index in [1.54, 1.807) is 48.5 Å². The van der Waals surface area contributed by atoms with Gasteiger partial charge in [0.1, 0.15) is 11.5 Å². The average Bonchev–Trinajstić information content (AvgIpc) is 2.65. The highest BCUT2D eigenvalue weighted by atomic mass is 79.9. The number of sulfonamides is 1. The number of ether oxygens (including phenoxy) is 1. The minimum atomic E-state index is -3.62. The first-order valence-corrected chi connectivity index (χ1v) is 10.4. The van der Waals surface area contributed by atoms with Gasteiger partial charge in [-0.15, -0.1) is 0 Å². The molecule has 0 saturated heterocycles. The van der Waals surface area contributed by atoms with Gasteiger partial charge in [-0.2, -0.15) is 0 Å². The van der Waals surface area contributed by atoms with Crippen molar-refractivity contribution in [3.05, 3.63) is 83.3 Å². The van der Waals surface area contributed by atoms with Gasteiger partial charge in [-0.05, 0) is 67.6 Å². The van der Waals surface area contributed by atoms with Crippen LogP contribution in [0.2, 0.25) is 0 Å². The molecule has 0 amide bonds.